The second-order valence-electron chi connectivity index (χ2n) is 5.93. The van der Waals surface area contributed by atoms with Gasteiger partial charge in [0, 0.05) is 11.2 Å². The zero-order valence-corrected chi connectivity index (χ0v) is 14.0. The highest BCUT2D eigenvalue weighted by atomic mass is 35.5. The Labute approximate surface area is 142 Å². The van der Waals surface area contributed by atoms with E-state index in [9.17, 15) is 14.5 Å². The van der Waals surface area contributed by atoms with E-state index in [1.165, 1.54) is 18.5 Å². The SMILES string of the molecule is CC(C)(C)NNc1ncnc(Nc2ccc(F)c(Cl)c2)c1[N+](=O)[O-]. The number of nitro groups is 1. The van der Waals surface area contributed by atoms with Crippen molar-refractivity contribution < 1.29 is 9.31 Å². The quantitative estimate of drug-likeness (QED) is 0.556. The molecule has 0 saturated heterocycles. The summed E-state index contributed by atoms with van der Waals surface area (Å²) < 4.78 is 13.2. The lowest BCUT2D eigenvalue weighted by atomic mass is 10.1. The second-order valence-corrected chi connectivity index (χ2v) is 6.34. The molecular formula is C14H16ClFN6O2. The van der Waals surface area contributed by atoms with Crippen molar-refractivity contribution in [3.05, 3.63) is 45.5 Å². The van der Waals surface area contributed by atoms with Gasteiger partial charge in [0.25, 0.3) is 0 Å². The van der Waals surface area contributed by atoms with Crippen LogP contribution >= 0.6 is 11.6 Å². The summed E-state index contributed by atoms with van der Waals surface area (Å²) in [5.41, 5.74) is 5.28. The van der Waals surface area contributed by atoms with Crippen molar-refractivity contribution in [3.63, 3.8) is 0 Å². The highest BCUT2D eigenvalue weighted by molar-refractivity contribution is 6.31. The van der Waals surface area contributed by atoms with E-state index in [1.54, 1.807) is 0 Å². The lowest BCUT2D eigenvalue weighted by Gasteiger charge is -2.21. The van der Waals surface area contributed by atoms with Crippen molar-refractivity contribution >= 4 is 34.6 Å². The average Bonchev–Trinajstić information content (AvgIpc) is 2.48. The van der Waals surface area contributed by atoms with Crippen LogP contribution in [0.25, 0.3) is 0 Å². The second kappa shape index (κ2) is 6.93. The Morgan fingerprint density at radius 3 is 2.50 bits per heavy atom. The molecule has 0 bridgehead atoms. The molecule has 0 saturated carbocycles. The van der Waals surface area contributed by atoms with Gasteiger partial charge in [0.15, 0.2) is 0 Å². The number of anilines is 3. The topological polar surface area (TPSA) is 105 Å². The maximum atomic E-state index is 13.2. The van der Waals surface area contributed by atoms with Gasteiger partial charge in [-0.05, 0) is 39.0 Å². The normalized spacial score (nSPS) is 11.2. The number of hydrogen-bond acceptors (Lipinski definition) is 7. The van der Waals surface area contributed by atoms with Crippen LogP contribution in [0.15, 0.2) is 24.5 Å². The van der Waals surface area contributed by atoms with Gasteiger partial charge in [-0.15, -0.1) is 0 Å². The van der Waals surface area contributed by atoms with Crippen molar-refractivity contribution in [1.29, 1.82) is 0 Å². The Morgan fingerprint density at radius 2 is 1.92 bits per heavy atom. The summed E-state index contributed by atoms with van der Waals surface area (Å²) >= 11 is 5.71. The van der Waals surface area contributed by atoms with Gasteiger partial charge in [-0.2, -0.15) is 0 Å². The lowest BCUT2D eigenvalue weighted by Crippen LogP contribution is -2.40. The molecule has 0 aliphatic carbocycles. The number of nitrogens with zero attached hydrogens (tertiary/aromatic N) is 3. The van der Waals surface area contributed by atoms with E-state index in [0.717, 1.165) is 6.07 Å². The molecule has 10 heteroatoms. The summed E-state index contributed by atoms with van der Waals surface area (Å²) in [6.07, 6.45) is 1.17. The van der Waals surface area contributed by atoms with E-state index in [4.69, 9.17) is 11.6 Å². The Hall–Kier alpha value is -2.52. The van der Waals surface area contributed by atoms with Crippen molar-refractivity contribution in [2.24, 2.45) is 0 Å². The van der Waals surface area contributed by atoms with E-state index in [-0.39, 0.29) is 27.9 Å². The first-order chi connectivity index (χ1) is 11.2. The third-order valence-electron chi connectivity index (χ3n) is 2.74. The minimum Gasteiger partial charge on any atom is -0.334 e. The summed E-state index contributed by atoms with van der Waals surface area (Å²) in [6, 6.07) is 3.86. The zero-order valence-electron chi connectivity index (χ0n) is 13.2. The molecule has 2 aromatic rings. The van der Waals surface area contributed by atoms with Gasteiger partial charge in [0.2, 0.25) is 11.6 Å². The van der Waals surface area contributed by atoms with E-state index in [0.29, 0.717) is 5.69 Å². The summed E-state index contributed by atoms with van der Waals surface area (Å²) in [5, 5.41) is 14.1. The molecule has 0 aliphatic rings. The van der Waals surface area contributed by atoms with E-state index >= 15 is 0 Å². The molecule has 128 valence electrons. The number of rotatable bonds is 5. The predicted octanol–water partition coefficient (Wildman–Crippen LogP) is 3.64. The molecule has 0 atom stereocenters. The van der Waals surface area contributed by atoms with Crippen LogP contribution in [0, 0.1) is 15.9 Å². The first-order valence-electron chi connectivity index (χ1n) is 6.92. The number of nitrogens with one attached hydrogen (secondary N) is 3. The average molecular weight is 355 g/mol. The van der Waals surface area contributed by atoms with Crippen LogP contribution in [0.3, 0.4) is 0 Å². The fourth-order valence-corrected chi connectivity index (χ4v) is 1.87. The van der Waals surface area contributed by atoms with Crippen molar-refractivity contribution in [2.75, 3.05) is 10.7 Å². The van der Waals surface area contributed by atoms with Gasteiger partial charge in [-0.25, -0.2) is 19.8 Å². The third kappa shape index (κ3) is 4.49. The number of benzene rings is 1. The third-order valence-corrected chi connectivity index (χ3v) is 3.03. The number of hydrazine groups is 1. The molecule has 0 spiro atoms. The van der Waals surface area contributed by atoms with Crippen LogP contribution in [0.2, 0.25) is 5.02 Å². The molecule has 3 N–H and O–H groups in total. The molecule has 1 heterocycles. The highest BCUT2D eigenvalue weighted by Gasteiger charge is 2.24. The van der Waals surface area contributed by atoms with Gasteiger partial charge in [0.05, 0.1) is 9.95 Å². The first-order valence-corrected chi connectivity index (χ1v) is 7.30. The fraction of sp³-hybridized carbons (Fsp3) is 0.286. The van der Waals surface area contributed by atoms with Crippen LogP contribution in [-0.2, 0) is 0 Å². The van der Waals surface area contributed by atoms with Gasteiger partial charge < -0.3 is 5.32 Å². The molecule has 8 nitrogen and oxygen atoms in total. The van der Waals surface area contributed by atoms with Crippen LogP contribution in [0.5, 0.6) is 0 Å². The number of aromatic nitrogens is 2. The van der Waals surface area contributed by atoms with Crippen molar-refractivity contribution in [3.8, 4) is 0 Å². The van der Waals surface area contributed by atoms with Crippen LogP contribution in [0.4, 0.5) is 27.4 Å². The number of hydrogen-bond donors (Lipinski definition) is 3. The van der Waals surface area contributed by atoms with Crippen molar-refractivity contribution in [2.45, 2.75) is 26.3 Å². The van der Waals surface area contributed by atoms with E-state index in [1.807, 2.05) is 20.8 Å². The van der Waals surface area contributed by atoms with Gasteiger partial charge in [-0.1, -0.05) is 11.6 Å². The first kappa shape index (κ1) is 17.8. The highest BCUT2D eigenvalue weighted by Crippen LogP contribution is 2.31. The minimum absolute atomic E-state index is 0.000587. The van der Waals surface area contributed by atoms with Crippen molar-refractivity contribution in [1.82, 2.24) is 15.4 Å². The van der Waals surface area contributed by atoms with Crippen LogP contribution < -0.4 is 16.2 Å². The van der Waals surface area contributed by atoms with Gasteiger partial charge in [0.1, 0.15) is 12.1 Å². The Kier molecular flexibility index (Phi) is 5.15. The molecule has 1 aromatic carbocycles. The van der Waals surface area contributed by atoms with Gasteiger partial charge >= 0.3 is 5.69 Å². The maximum absolute atomic E-state index is 13.2. The Bertz CT molecular complexity index is 765. The fourth-order valence-electron chi connectivity index (χ4n) is 1.69. The Balaban J connectivity index is 2.35. The standard InChI is InChI=1S/C14H16ClFN6O2/c1-14(2,3)21-20-13-11(22(23)24)12(17-7-18-13)19-8-4-5-10(16)9(15)6-8/h4-7,21H,1-3H3,(H2,17,18,19,20). The molecule has 2 rings (SSSR count). The molecule has 1 aromatic heterocycles. The van der Waals surface area contributed by atoms with Gasteiger partial charge in [-0.3, -0.25) is 15.5 Å². The molecule has 0 aliphatic heterocycles. The maximum Gasteiger partial charge on any atom is 0.354 e. The number of halogens is 2. The molecule has 0 amide bonds. The van der Waals surface area contributed by atoms with Crippen LogP contribution in [0.1, 0.15) is 20.8 Å². The summed E-state index contributed by atoms with van der Waals surface area (Å²) in [6.45, 7) is 5.64. The molecule has 0 radical (unpaired) electrons. The summed E-state index contributed by atoms with van der Waals surface area (Å²) in [5.74, 6) is -0.632. The van der Waals surface area contributed by atoms with E-state index < -0.39 is 10.7 Å². The Morgan fingerprint density at radius 1 is 1.25 bits per heavy atom. The largest absolute Gasteiger partial charge is 0.354 e. The lowest BCUT2D eigenvalue weighted by molar-refractivity contribution is -0.383. The molecule has 24 heavy (non-hydrogen) atoms. The molecular weight excluding hydrogens is 339 g/mol. The predicted molar refractivity (Wildman–Crippen MR) is 89.9 cm³/mol. The summed E-state index contributed by atoms with van der Waals surface area (Å²) in [7, 11) is 0. The summed E-state index contributed by atoms with van der Waals surface area (Å²) in [4.78, 5) is 18.6. The molecule has 0 fully saturated rings. The smallest absolute Gasteiger partial charge is 0.334 e. The minimum atomic E-state index is -0.611. The van der Waals surface area contributed by atoms with E-state index in [2.05, 4.69) is 26.1 Å². The monoisotopic (exact) mass is 354 g/mol. The zero-order chi connectivity index (χ0) is 17.9. The molecule has 0 unspecified atom stereocenters. The van der Waals surface area contributed by atoms with Crippen LogP contribution in [-0.4, -0.2) is 20.4 Å².